The summed E-state index contributed by atoms with van der Waals surface area (Å²) < 4.78 is 37.8. The van der Waals surface area contributed by atoms with E-state index in [1.54, 1.807) is 0 Å². The van der Waals surface area contributed by atoms with E-state index >= 15 is 0 Å². The smallest absolute Gasteiger partial charge is 0.332 e. The average molecular weight is 569 g/mol. The van der Waals surface area contributed by atoms with E-state index in [2.05, 4.69) is 16.0 Å². The molecule has 11 nitrogen and oxygen atoms in total. The van der Waals surface area contributed by atoms with Crippen molar-refractivity contribution >= 4 is 29.8 Å². The summed E-state index contributed by atoms with van der Waals surface area (Å²) >= 11 is 0. The molecule has 0 spiro atoms. The molecule has 0 aromatic heterocycles. The zero-order valence-corrected chi connectivity index (χ0v) is 23.3. The van der Waals surface area contributed by atoms with Crippen molar-refractivity contribution in [2.24, 2.45) is 0 Å². The summed E-state index contributed by atoms with van der Waals surface area (Å²) in [5.74, 6) is -4.56. The van der Waals surface area contributed by atoms with E-state index in [1.807, 2.05) is 6.92 Å². The number of hydrogen-bond acceptors (Lipinski definition) is 7. The number of halogens is 2. The Balaban J connectivity index is 2.19. The Bertz CT molecular complexity index is 1050. The van der Waals surface area contributed by atoms with E-state index in [9.17, 15) is 32.8 Å². The van der Waals surface area contributed by atoms with Gasteiger partial charge in [-0.25, -0.2) is 23.2 Å². The fraction of sp³-hybridized carbons (Fsp3) is 0.593. The number of carbonyl (C=O) groups is 5. The standard InChI is InChI=1S/C27H38F2N4O7/c1-5-6-7-10-30-27(38)31-21(14-18-12-19(28)15-20(29)13-18)24(35)32-23(26(37)39-4)16(2)40-25(36)22-9-8-11-33(22)17(3)34/h12-13,15-16,21-23H,5-11,14H2,1-4H3,(H,32,35)(H2,30,31,38)/t16-,21-,22?,23-/m0/s1. The molecular weight excluding hydrogens is 530 g/mol. The lowest BCUT2D eigenvalue weighted by Crippen LogP contribution is -2.57. The third-order valence-corrected chi connectivity index (χ3v) is 6.50. The largest absolute Gasteiger partial charge is 0.467 e. The first-order chi connectivity index (χ1) is 19.0. The average Bonchev–Trinajstić information content (AvgIpc) is 3.39. The van der Waals surface area contributed by atoms with E-state index in [-0.39, 0.29) is 17.9 Å². The molecule has 1 aromatic rings. The van der Waals surface area contributed by atoms with Crippen LogP contribution in [0, 0.1) is 11.6 Å². The van der Waals surface area contributed by atoms with Crippen molar-refractivity contribution in [3.8, 4) is 0 Å². The summed E-state index contributed by atoms with van der Waals surface area (Å²) in [6.45, 7) is 5.46. The highest BCUT2D eigenvalue weighted by Gasteiger charge is 2.38. The zero-order valence-electron chi connectivity index (χ0n) is 23.3. The first-order valence-corrected chi connectivity index (χ1v) is 13.3. The molecule has 13 heteroatoms. The van der Waals surface area contributed by atoms with Gasteiger partial charge in [-0.15, -0.1) is 0 Å². The summed E-state index contributed by atoms with van der Waals surface area (Å²) in [4.78, 5) is 64.4. The van der Waals surface area contributed by atoms with Crippen LogP contribution in [0.5, 0.6) is 0 Å². The lowest BCUT2D eigenvalue weighted by molar-refractivity contribution is -0.163. The highest BCUT2D eigenvalue weighted by atomic mass is 19.1. The van der Waals surface area contributed by atoms with Crippen LogP contribution in [0.1, 0.15) is 58.4 Å². The molecule has 0 bridgehead atoms. The molecule has 222 valence electrons. The van der Waals surface area contributed by atoms with Gasteiger partial charge in [-0.1, -0.05) is 19.8 Å². The second kappa shape index (κ2) is 15.7. The summed E-state index contributed by atoms with van der Waals surface area (Å²) in [6, 6.07) is -1.62. The van der Waals surface area contributed by atoms with E-state index in [4.69, 9.17) is 9.47 Å². The van der Waals surface area contributed by atoms with Gasteiger partial charge >= 0.3 is 18.0 Å². The van der Waals surface area contributed by atoms with Gasteiger partial charge in [-0.05, 0) is 43.9 Å². The molecular formula is C27H38F2N4O7. The van der Waals surface area contributed by atoms with Crippen LogP contribution in [0.25, 0.3) is 0 Å². The Morgan fingerprint density at radius 2 is 1.75 bits per heavy atom. The Kier molecular flexibility index (Phi) is 12.8. The molecule has 1 heterocycles. The number of urea groups is 1. The topological polar surface area (TPSA) is 143 Å². The number of likely N-dealkylation sites (tertiary alicyclic amines) is 1. The van der Waals surface area contributed by atoms with Crippen molar-refractivity contribution in [3.63, 3.8) is 0 Å². The van der Waals surface area contributed by atoms with Gasteiger partial charge in [0.15, 0.2) is 6.04 Å². The van der Waals surface area contributed by atoms with Crippen LogP contribution in [-0.4, -0.2) is 79.1 Å². The second-order valence-corrected chi connectivity index (χ2v) is 9.66. The lowest BCUT2D eigenvalue weighted by Gasteiger charge is -2.28. The minimum atomic E-state index is -1.48. The number of methoxy groups -OCH3 is 1. The highest BCUT2D eigenvalue weighted by molar-refractivity contribution is 5.91. The molecule has 1 aliphatic heterocycles. The van der Waals surface area contributed by atoms with Crippen molar-refractivity contribution in [2.75, 3.05) is 20.2 Å². The molecule has 2 rings (SSSR count). The van der Waals surface area contributed by atoms with Gasteiger partial charge in [0, 0.05) is 32.5 Å². The molecule has 1 aliphatic rings. The molecule has 4 atom stereocenters. The Labute approximate surface area is 232 Å². The maximum Gasteiger partial charge on any atom is 0.332 e. The Morgan fingerprint density at radius 1 is 1.07 bits per heavy atom. The maximum atomic E-state index is 13.8. The Morgan fingerprint density at radius 3 is 2.35 bits per heavy atom. The zero-order chi connectivity index (χ0) is 29.8. The quantitative estimate of drug-likeness (QED) is 0.244. The second-order valence-electron chi connectivity index (χ2n) is 9.66. The monoisotopic (exact) mass is 568 g/mol. The number of amides is 4. The molecule has 0 saturated carbocycles. The van der Waals surface area contributed by atoms with Crippen LogP contribution in [0.2, 0.25) is 0 Å². The third kappa shape index (κ3) is 9.76. The predicted octanol–water partition coefficient (Wildman–Crippen LogP) is 1.97. The minimum Gasteiger partial charge on any atom is -0.467 e. The van der Waals surface area contributed by atoms with Crippen molar-refractivity contribution in [3.05, 3.63) is 35.4 Å². The van der Waals surface area contributed by atoms with Crippen molar-refractivity contribution < 1.29 is 42.2 Å². The van der Waals surface area contributed by atoms with Gasteiger partial charge in [0.25, 0.3) is 0 Å². The highest BCUT2D eigenvalue weighted by Crippen LogP contribution is 2.20. The molecule has 40 heavy (non-hydrogen) atoms. The number of rotatable bonds is 13. The number of hydrogen-bond donors (Lipinski definition) is 3. The molecule has 0 aliphatic carbocycles. The molecule has 4 amide bonds. The molecule has 0 radical (unpaired) electrons. The fourth-order valence-corrected chi connectivity index (χ4v) is 4.43. The van der Waals surface area contributed by atoms with E-state index in [0.29, 0.717) is 38.4 Å². The number of esters is 2. The van der Waals surface area contributed by atoms with Gasteiger partial charge in [0.2, 0.25) is 11.8 Å². The summed E-state index contributed by atoms with van der Waals surface area (Å²) in [5.41, 5.74) is 0.0867. The number of unbranched alkanes of at least 4 members (excludes halogenated alkanes) is 2. The molecule has 1 fully saturated rings. The van der Waals surface area contributed by atoms with Crippen LogP contribution in [-0.2, 0) is 35.1 Å². The van der Waals surface area contributed by atoms with Crippen LogP contribution in [0.4, 0.5) is 13.6 Å². The van der Waals surface area contributed by atoms with E-state index < -0.39 is 59.7 Å². The van der Waals surface area contributed by atoms with Crippen LogP contribution < -0.4 is 16.0 Å². The van der Waals surface area contributed by atoms with E-state index in [1.165, 1.54) is 18.7 Å². The van der Waals surface area contributed by atoms with Crippen LogP contribution in [0.15, 0.2) is 18.2 Å². The summed E-state index contributed by atoms with van der Waals surface area (Å²) in [7, 11) is 1.08. The van der Waals surface area contributed by atoms with Crippen molar-refractivity contribution in [1.29, 1.82) is 0 Å². The predicted molar refractivity (Wildman–Crippen MR) is 140 cm³/mol. The Hall–Kier alpha value is -3.77. The van der Waals surface area contributed by atoms with Crippen LogP contribution in [0.3, 0.4) is 0 Å². The molecule has 3 N–H and O–H groups in total. The van der Waals surface area contributed by atoms with Crippen molar-refractivity contribution in [1.82, 2.24) is 20.9 Å². The van der Waals surface area contributed by atoms with Gasteiger partial charge in [-0.3, -0.25) is 9.59 Å². The number of ether oxygens (including phenoxy) is 2. The van der Waals surface area contributed by atoms with Crippen LogP contribution >= 0.6 is 0 Å². The lowest BCUT2D eigenvalue weighted by atomic mass is 10.0. The van der Waals surface area contributed by atoms with Gasteiger partial charge in [0.05, 0.1) is 7.11 Å². The first-order valence-electron chi connectivity index (χ1n) is 13.3. The summed E-state index contributed by atoms with van der Waals surface area (Å²) in [5, 5.41) is 7.52. The number of benzene rings is 1. The number of carbonyl (C=O) groups excluding carboxylic acids is 5. The SMILES string of the molecule is CCCCCNC(=O)N[C@@H](Cc1cc(F)cc(F)c1)C(=O)N[C@H](C(=O)OC)[C@H](C)OC(=O)C1CCCN1C(C)=O. The molecule has 1 aromatic carbocycles. The van der Waals surface area contributed by atoms with E-state index in [0.717, 1.165) is 32.1 Å². The third-order valence-electron chi connectivity index (χ3n) is 6.50. The normalized spacial score (nSPS) is 16.9. The minimum absolute atomic E-state index is 0.0867. The summed E-state index contributed by atoms with van der Waals surface area (Å²) in [6.07, 6.45) is 2.02. The molecule has 1 unspecified atom stereocenters. The van der Waals surface area contributed by atoms with Gasteiger partial charge in [0.1, 0.15) is 29.8 Å². The van der Waals surface area contributed by atoms with Gasteiger partial charge in [-0.2, -0.15) is 0 Å². The fourth-order valence-electron chi connectivity index (χ4n) is 4.43. The van der Waals surface area contributed by atoms with Crippen molar-refractivity contribution in [2.45, 2.75) is 83.5 Å². The number of nitrogens with one attached hydrogen (secondary N) is 3. The van der Waals surface area contributed by atoms with Gasteiger partial charge < -0.3 is 30.3 Å². The number of nitrogens with zero attached hydrogens (tertiary/aromatic N) is 1. The first kappa shape index (κ1) is 32.4. The maximum absolute atomic E-state index is 13.8. The molecule has 1 saturated heterocycles.